The monoisotopic (exact) mass is 336 g/mol. The third-order valence-corrected chi connectivity index (χ3v) is 3.13. The molecule has 0 bridgehead atoms. The van der Waals surface area contributed by atoms with Gasteiger partial charge in [-0.2, -0.15) is 0 Å². The van der Waals surface area contributed by atoms with Crippen LogP contribution in [0.4, 0.5) is 5.69 Å². The van der Waals surface area contributed by atoms with Gasteiger partial charge in [-0.15, -0.1) is 0 Å². The Morgan fingerprint density at radius 2 is 2.29 bits per heavy atom. The molecule has 0 fully saturated rings. The molecule has 0 aliphatic rings. The van der Waals surface area contributed by atoms with Crippen LogP contribution in [0, 0.1) is 0 Å². The molecule has 0 aliphatic carbocycles. The zero-order valence-electron chi connectivity index (χ0n) is 9.43. The van der Waals surface area contributed by atoms with E-state index in [1.54, 1.807) is 7.11 Å². The fourth-order valence-corrected chi connectivity index (χ4v) is 2.17. The van der Waals surface area contributed by atoms with Gasteiger partial charge in [-0.25, -0.2) is 0 Å². The minimum absolute atomic E-state index is 0.587. The highest BCUT2D eigenvalue weighted by atomic mass is 79.9. The first kappa shape index (κ1) is 14.7. The number of hydrogen-bond acceptors (Lipinski definition) is 2. The van der Waals surface area contributed by atoms with E-state index in [0.29, 0.717) is 10.1 Å². The number of halogens is 2. The Balaban J connectivity index is 2.40. The molecule has 3 nitrogen and oxygen atoms in total. The lowest BCUT2D eigenvalue weighted by Gasteiger charge is -2.11. The third kappa shape index (κ3) is 5.68. The SMILES string of the molecule is COCCCNC(=S)Nc1ccc(Cl)cc1Br. The second-order valence-corrected chi connectivity index (χ2v) is 5.05. The van der Waals surface area contributed by atoms with E-state index in [9.17, 15) is 0 Å². The lowest BCUT2D eigenvalue weighted by Crippen LogP contribution is -2.29. The molecule has 1 aromatic carbocycles. The Labute approximate surface area is 120 Å². The van der Waals surface area contributed by atoms with Gasteiger partial charge in [0.1, 0.15) is 0 Å². The molecule has 0 heterocycles. The van der Waals surface area contributed by atoms with Crippen molar-refractivity contribution in [2.45, 2.75) is 6.42 Å². The average molecular weight is 338 g/mol. The zero-order chi connectivity index (χ0) is 12.7. The highest BCUT2D eigenvalue weighted by Crippen LogP contribution is 2.25. The smallest absolute Gasteiger partial charge is 0.170 e. The van der Waals surface area contributed by atoms with Crippen molar-refractivity contribution in [1.29, 1.82) is 0 Å². The standard InChI is InChI=1S/C11H14BrClN2OS/c1-16-6-2-5-14-11(17)15-10-4-3-8(13)7-9(10)12/h3-4,7H,2,5-6H2,1H3,(H2,14,15,17). The van der Waals surface area contributed by atoms with Gasteiger partial charge in [-0.05, 0) is 52.8 Å². The van der Waals surface area contributed by atoms with Gasteiger partial charge in [-0.1, -0.05) is 11.6 Å². The summed E-state index contributed by atoms with van der Waals surface area (Å²) in [7, 11) is 1.68. The Morgan fingerprint density at radius 3 is 2.94 bits per heavy atom. The van der Waals surface area contributed by atoms with Crippen molar-refractivity contribution in [3.05, 3.63) is 27.7 Å². The largest absolute Gasteiger partial charge is 0.385 e. The fourth-order valence-electron chi connectivity index (χ4n) is 1.18. The number of hydrogen-bond donors (Lipinski definition) is 2. The van der Waals surface area contributed by atoms with E-state index in [1.165, 1.54) is 0 Å². The molecule has 0 saturated carbocycles. The minimum Gasteiger partial charge on any atom is -0.385 e. The van der Waals surface area contributed by atoms with Gasteiger partial charge >= 0.3 is 0 Å². The van der Waals surface area contributed by atoms with Gasteiger partial charge in [0, 0.05) is 29.8 Å². The van der Waals surface area contributed by atoms with E-state index in [2.05, 4.69) is 26.6 Å². The predicted octanol–water partition coefficient (Wildman–Crippen LogP) is 3.43. The zero-order valence-corrected chi connectivity index (χ0v) is 12.6. The molecule has 1 rings (SSSR count). The molecule has 0 atom stereocenters. The van der Waals surface area contributed by atoms with Crippen molar-refractivity contribution in [2.24, 2.45) is 0 Å². The molecule has 17 heavy (non-hydrogen) atoms. The highest BCUT2D eigenvalue weighted by Gasteiger charge is 2.02. The molecule has 0 saturated heterocycles. The molecule has 0 radical (unpaired) electrons. The summed E-state index contributed by atoms with van der Waals surface area (Å²) in [5, 5.41) is 7.45. The molecule has 0 amide bonds. The summed E-state index contributed by atoms with van der Waals surface area (Å²) in [6, 6.07) is 5.50. The Hall–Kier alpha value is -0.360. The summed E-state index contributed by atoms with van der Waals surface area (Å²) in [6.45, 7) is 1.51. The summed E-state index contributed by atoms with van der Waals surface area (Å²) >= 11 is 14.4. The number of anilines is 1. The first-order chi connectivity index (χ1) is 8.13. The van der Waals surface area contributed by atoms with Crippen LogP contribution in [0.25, 0.3) is 0 Å². The molecule has 94 valence electrons. The molecule has 0 aromatic heterocycles. The summed E-state index contributed by atoms with van der Waals surface area (Å²) in [4.78, 5) is 0. The summed E-state index contributed by atoms with van der Waals surface area (Å²) in [5.74, 6) is 0. The lowest BCUT2D eigenvalue weighted by molar-refractivity contribution is 0.196. The van der Waals surface area contributed by atoms with Gasteiger partial charge in [0.15, 0.2) is 5.11 Å². The molecule has 1 aromatic rings. The van der Waals surface area contributed by atoms with Crippen LogP contribution in [-0.2, 0) is 4.74 Å². The highest BCUT2D eigenvalue weighted by molar-refractivity contribution is 9.10. The minimum atomic E-state index is 0.587. The number of ether oxygens (including phenoxy) is 1. The van der Waals surface area contributed by atoms with Crippen molar-refractivity contribution in [2.75, 3.05) is 25.6 Å². The van der Waals surface area contributed by atoms with Crippen molar-refractivity contribution in [3.8, 4) is 0 Å². The Bertz CT molecular complexity index is 390. The fraction of sp³-hybridized carbons (Fsp3) is 0.364. The van der Waals surface area contributed by atoms with E-state index in [1.807, 2.05) is 18.2 Å². The maximum Gasteiger partial charge on any atom is 0.170 e. The molecule has 0 spiro atoms. The van der Waals surface area contributed by atoms with Crippen molar-refractivity contribution < 1.29 is 4.74 Å². The molecular formula is C11H14BrClN2OS. The topological polar surface area (TPSA) is 33.3 Å². The van der Waals surface area contributed by atoms with Crippen molar-refractivity contribution in [1.82, 2.24) is 5.32 Å². The average Bonchev–Trinajstić information content (AvgIpc) is 2.28. The summed E-state index contributed by atoms with van der Waals surface area (Å²) in [5.41, 5.74) is 0.888. The van der Waals surface area contributed by atoms with E-state index in [4.69, 9.17) is 28.6 Å². The predicted molar refractivity (Wildman–Crippen MR) is 79.9 cm³/mol. The van der Waals surface area contributed by atoms with Crippen LogP contribution in [0.1, 0.15) is 6.42 Å². The first-order valence-electron chi connectivity index (χ1n) is 5.12. The second-order valence-electron chi connectivity index (χ2n) is 3.35. The number of methoxy groups -OCH3 is 1. The first-order valence-corrected chi connectivity index (χ1v) is 6.70. The van der Waals surface area contributed by atoms with Crippen LogP contribution >= 0.6 is 39.7 Å². The number of rotatable bonds is 5. The Morgan fingerprint density at radius 1 is 1.53 bits per heavy atom. The number of benzene rings is 1. The number of nitrogens with one attached hydrogen (secondary N) is 2. The third-order valence-electron chi connectivity index (χ3n) is 1.99. The van der Waals surface area contributed by atoms with Crippen LogP contribution in [0.2, 0.25) is 5.02 Å². The van der Waals surface area contributed by atoms with Crippen molar-refractivity contribution >= 4 is 50.5 Å². The molecule has 6 heteroatoms. The second kappa shape index (κ2) is 7.87. The van der Waals surface area contributed by atoms with Crippen LogP contribution < -0.4 is 10.6 Å². The quantitative estimate of drug-likeness (QED) is 0.637. The van der Waals surface area contributed by atoms with Crippen LogP contribution in [0.15, 0.2) is 22.7 Å². The van der Waals surface area contributed by atoms with Crippen LogP contribution in [-0.4, -0.2) is 25.4 Å². The van der Waals surface area contributed by atoms with E-state index in [0.717, 1.165) is 29.7 Å². The maximum absolute atomic E-state index is 5.85. The maximum atomic E-state index is 5.85. The van der Waals surface area contributed by atoms with Gasteiger partial charge in [-0.3, -0.25) is 0 Å². The van der Waals surface area contributed by atoms with E-state index >= 15 is 0 Å². The van der Waals surface area contributed by atoms with E-state index < -0.39 is 0 Å². The van der Waals surface area contributed by atoms with Gasteiger partial charge in [0.2, 0.25) is 0 Å². The molecule has 2 N–H and O–H groups in total. The molecule has 0 unspecified atom stereocenters. The lowest BCUT2D eigenvalue weighted by atomic mass is 10.3. The van der Waals surface area contributed by atoms with Gasteiger partial charge in [0.25, 0.3) is 0 Å². The van der Waals surface area contributed by atoms with E-state index in [-0.39, 0.29) is 0 Å². The Kier molecular flexibility index (Phi) is 6.80. The van der Waals surface area contributed by atoms with Crippen LogP contribution in [0.3, 0.4) is 0 Å². The number of thiocarbonyl (C=S) groups is 1. The van der Waals surface area contributed by atoms with Crippen LogP contribution in [0.5, 0.6) is 0 Å². The summed E-state index contributed by atoms with van der Waals surface area (Å²) in [6.07, 6.45) is 0.917. The molecule has 0 aliphatic heterocycles. The normalized spacial score (nSPS) is 10.1. The summed E-state index contributed by atoms with van der Waals surface area (Å²) < 4.78 is 5.83. The van der Waals surface area contributed by atoms with Crippen molar-refractivity contribution in [3.63, 3.8) is 0 Å². The van der Waals surface area contributed by atoms with Gasteiger partial charge in [0.05, 0.1) is 5.69 Å². The molecular weight excluding hydrogens is 324 g/mol. The van der Waals surface area contributed by atoms with Gasteiger partial charge < -0.3 is 15.4 Å².